The van der Waals surface area contributed by atoms with Crippen molar-refractivity contribution in [1.82, 2.24) is 10.4 Å². The average molecular weight is 436 g/mol. The SMILES string of the molecule is CC(=NNC(=O)c1ccncc1)C1=CCC2C3CCC4CC(O)CCC4(C)C3CCC12C. The van der Waals surface area contributed by atoms with Gasteiger partial charge in [0.05, 0.1) is 11.8 Å². The van der Waals surface area contributed by atoms with E-state index in [1.807, 2.05) is 6.92 Å². The molecule has 1 aromatic rings. The summed E-state index contributed by atoms with van der Waals surface area (Å²) in [4.78, 5) is 16.4. The molecular weight excluding hydrogens is 398 g/mol. The number of nitrogens with zero attached hydrogens (tertiary/aromatic N) is 2. The Hall–Kier alpha value is -2.01. The molecule has 2 N–H and O–H groups in total. The monoisotopic (exact) mass is 435 g/mol. The molecule has 0 aliphatic heterocycles. The van der Waals surface area contributed by atoms with Crippen LogP contribution in [0.3, 0.4) is 0 Å². The number of hydrogen-bond donors (Lipinski definition) is 2. The minimum atomic E-state index is -0.193. The van der Waals surface area contributed by atoms with Gasteiger partial charge >= 0.3 is 0 Å². The molecule has 5 heteroatoms. The fourth-order valence-corrected chi connectivity index (χ4v) is 8.13. The van der Waals surface area contributed by atoms with E-state index < -0.39 is 0 Å². The van der Waals surface area contributed by atoms with Crippen LogP contribution in [0.1, 0.15) is 82.5 Å². The first-order valence-electron chi connectivity index (χ1n) is 12.5. The summed E-state index contributed by atoms with van der Waals surface area (Å²) in [7, 11) is 0. The number of aromatic nitrogens is 1. The van der Waals surface area contributed by atoms with Crippen molar-refractivity contribution in [2.75, 3.05) is 0 Å². The molecular formula is C27H37N3O2. The predicted molar refractivity (Wildman–Crippen MR) is 126 cm³/mol. The molecule has 0 saturated heterocycles. The topological polar surface area (TPSA) is 74.6 Å². The van der Waals surface area contributed by atoms with Crippen LogP contribution in [0.2, 0.25) is 0 Å². The number of rotatable bonds is 3. The first-order valence-corrected chi connectivity index (χ1v) is 12.5. The number of carbonyl (C=O) groups is 1. The highest BCUT2D eigenvalue weighted by molar-refractivity contribution is 6.01. The quantitative estimate of drug-likeness (QED) is 0.511. The molecule has 1 amide bonds. The van der Waals surface area contributed by atoms with Gasteiger partial charge in [0, 0.05) is 18.0 Å². The molecule has 0 spiro atoms. The van der Waals surface area contributed by atoms with Crippen LogP contribution in [0.25, 0.3) is 0 Å². The Morgan fingerprint density at radius 2 is 1.91 bits per heavy atom. The normalized spacial score (nSPS) is 41.2. The number of nitrogens with one attached hydrogen (secondary N) is 1. The lowest BCUT2D eigenvalue weighted by Gasteiger charge is -2.60. The Bertz CT molecular complexity index is 941. The second kappa shape index (κ2) is 8.09. The van der Waals surface area contributed by atoms with Crippen LogP contribution < -0.4 is 5.43 Å². The molecule has 1 aromatic heterocycles. The number of aliphatic hydroxyl groups excluding tert-OH is 1. The number of amides is 1. The van der Waals surface area contributed by atoms with E-state index >= 15 is 0 Å². The number of hydrogen-bond acceptors (Lipinski definition) is 4. The molecule has 4 aliphatic carbocycles. The minimum Gasteiger partial charge on any atom is -0.393 e. The molecule has 7 unspecified atom stereocenters. The maximum Gasteiger partial charge on any atom is 0.271 e. The minimum absolute atomic E-state index is 0.0838. The van der Waals surface area contributed by atoms with Crippen LogP contribution in [0.4, 0.5) is 0 Å². The van der Waals surface area contributed by atoms with Crippen LogP contribution in [0.5, 0.6) is 0 Å². The second-order valence-corrected chi connectivity index (χ2v) is 11.3. The Morgan fingerprint density at radius 1 is 1.12 bits per heavy atom. The Kier molecular flexibility index (Phi) is 5.51. The summed E-state index contributed by atoms with van der Waals surface area (Å²) in [6, 6.07) is 3.41. The van der Waals surface area contributed by atoms with Crippen molar-refractivity contribution < 1.29 is 9.90 Å². The molecule has 3 fully saturated rings. The molecule has 172 valence electrons. The maximum atomic E-state index is 12.4. The first-order chi connectivity index (χ1) is 15.3. The summed E-state index contributed by atoms with van der Waals surface area (Å²) in [6.07, 6.45) is 14.9. The van der Waals surface area contributed by atoms with Crippen molar-refractivity contribution in [2.45, 2.75) is 78.2 Å². The number of pyridine rings is 1. The van der Waals surface area contributed by atoms with Gasteiger partial charge in [0.1, 0.15) is 0 Å². The summed E-state index contributed by atoms with van der Waals surface area (Å²) < 4.78 is 0. The molecule has 4 aliphatic rings. The molecule has 3 saturated carbocycles. The van der Waals surface area contributed by atoms with Crippen molar-refractivity contribution >= 4 is 11.6 Å². The highest BCUT2D eigenvalue weighted by atomic mass is 16.3. The fourth-order valence-electron chi connectivity index (χ4n) is 8.13. The van der Waals surface area contributed by atoms with Gasteiger partial charge in [0.2, 0.25) is 0 Å². The van der Waals surface area contributed by atoms with Crippen molar-refractivity contribution in [3.8, 4) is 0 Å². The van der Waals surface area contributed by atoms with Gasteiger partial charge in [-0.15, -0.1) is 0 Å². The zero-order chi connectivity index (χ0) is 22.5. The summed E-state index contributed by atoms with van der Waals surface area (Å²) in [6.45, 7) is 7.02. The van der Waals surface area contributed by atoms with Crippen LogP contribution in [-0.2, 0) is 0 Å². The van der Waals surface area contributed by atoms with Gasteiger partial charge in [-0.25, -0.2) is 5.43 Å². The highest BCUT2D eigenvalue weighted by Gasteiger charge is 2.58. The molecule has 0 bridgehead atoms. The van der Waals surface area contributed by atoms with Crippen LogP contribution >= 0.6 is 0 Å². The van der Waals surface area contributed by atoms with Gasteiger partial charge in [-0.1, -0.05) is 19.9 Å². The third-order valence-electron chi connectivity index (χ3n) is 9.88. The summed E-state index contributed by atoms with van der Waals surface area (Å²) in [5, 5.41) is 14.8. The predicted octanol–water partition coefficient (Wildman–Crippen LogP) is 5.13. The van der Waals surface area contributed by atoms with Gasteiger partial charge in [-0.05, 0) is 110 Å². The van der Waals surface area contributed by atoms with Crippen molar-refractivity contribution in [3.63, 3.8) is 0 Å². The molecule has 0 aromatic carbocycles. The van der Waals surface area contributed by atoms with Gasteiger partial charge in [-0.2, -0.15) is 5.10 Å². The van der Waals surface area contributed by atoms with Crippen LogP contribution in [0.15, 0.2) is 41.3 Å². The van der Waals surface area contributed by atoms with E-state index in [0.29, 0.717) is 22.8 Å². The van der Waals surface area contributed by atoms with E-state index in [1.54, 1.807) is 24.5 Å². The van der Waals surface area contributed by atoms with E-state index in [-0.39, 0.29) is 17.4 Å². The zero-order valence-corrected chi connectivity index (χ0v) is 19.7. The molecule has 0 radical (unpaired) electrons. The van der Waals surface area contributed by atoms with Gasteiger partial charge in [0.15, 0.2) is 0 Å². The molecule has 1 heterocycles. The fraction of sp³-hybridized carbons (Fsp3) is 0.667. The maximum absolute atomic E-state index is 12.4. The number of hydrazone groups is 1. The van der Waals surface area contributed by atoms with E-state index in [0.717, 1.165) is 36.8 Å². The molecule has 5 rings (SSSR count). The van der Waals surface area contributed by atoms with Crippen molar-refractivity contribution in [1.29, 1.82) is 0 Å². The highest BCUT2D eigenvalue weighted by Crippen LogP contribution is 2.66. The number of allylic oxidation sites excluding steroid dienone is 2. The van der Waals surface area contributed by atoms with E-state index in [1.165, 1.54) is 37.7 Å². The van der Waals surface area contributed by atoms with Crippen LogP contribution in [-0.4, -0.2) is 27.8 Å². The molecule has 5 nitrogen and oxygen atoms in total. The molecule has 7 atom stereocenters. The van der Waals surface area contributed by atoms with E-state index in [9.17, 15) is 9.90 Å². The van der Waals surface area contributed by atoms with Gasteiger partial charge < -0.3 is 5.11 Å². The summed E-state index contributed by atoms with van der Waals surface area (Å²) >= 11 is 0. The lowest BCUT2D eigenvalue weighted by molar-refractivity contribution is -0.117. The Morgan fingerprint density at radius 3 is 2.69 bits per heavy atom. The largest absolute Gasteiger partial charge is 0.393 e. The standard InChI is InChI=1S/C27H37N3O2/c1-17(29-30-25(32)18-10-14-28-15-11-18)22-6-7-23-21-5-4-19-16-20(31)8-12-26(19,2)24(21)9-13-27(22,23)3/h6,10-11,14-15,19-21,23-24,31H,4-5,7-9,12-13,16H2,1-3H3,(H,30,32). The number of carbonyl (C=O) groups excluding carboxylic acids is 1. The second-order valence-electron chi connectivity index (χ2n) is 11.3. The Labute approximate surface area is 191 Å². The Balaban J connectivity index is 1.32. The first kappa shape index (κ1) is 21.8. The number of fused-ring (bicyclic) bond motifs is 5. The van der Waals surface area contributed by atoms with E-state index in [2.05, 4.69) is 35.4 Å². The third kappa shape index (κ3) is 3.44. The van der Waals surface area contributed by atoms with Gasteiger partial charge in [0.25, 0.3) is 5.91 Å². The van der Waals surface area contributed by atoms with Crippen molar-refractivity contribution in [3.05, 3.63) is 41.7 Å². The van der Waals surface area contributed by atoms with E-state index in [4.69, 9.17) is 0 Å². The van der Waals surface area contributed by atoms with Crippen LogP contribution in [0, 0.1) is 34.5 Å². The van der Waals surface area contributed by atoms with Gasteiger partial charge in [-0.3, -0.25) is 9.78 Å². The zero-order valence-electron chi connectivity index (χ0n) is 19.7. The summed E-state index contributed by atoms with van der Waals surface area (Å²) in [5.41, 5.74) is 6.14. The lowest BCUT2D eigenvalue weighted by Crippen LogP contribution is -2.53. The molecule has 32 heavy (non-hydrogen) atoms. The van der Waals surface area contributed by atoms with Crippen molar-refractivity contribution in [2.24, 2.45) is 39.6 Å². The third-order valence-corrected chi connectivity index (χ3v) is 9.88. The smallest absolute Gasteiger partial charge is 0.271 e. The summed E-state index contributed by atoms with van der Waals surface area (Å²) in [5.74, 6) is 2.71. The lowest BCUT2D eigenvalue weighted by atomic mass is 9.44. The average Bonchev–Trinajstić information content (AvgIpc) is 3.15. The number of aliphatic hydroxyl groups is 1.